The molecule has 1 amide bonds. The Balaban J connectivity index is 1.59. The molecule has 0 saturated heterocycles. The molecular formula is C19H20N4O2. The van der Waals surface area contributed by atoms with Gasteiger partial charge in [0.2, 0.25) is 0 Å². The maximum Gasteiger partial charge on any atom is 0.255 e. The van der Waals surface area contributed by atoms with E-state index in [4.69, 9.17) is 4.74 Å². The molecule has 0 radical (unpaired) electrons. The first-order chi connectivity index (χ1) is 12.2. The molecular weight excluding hydrogens is 316 g/mol. The number of nitrogens with zero attached hydrogens (tertiary/aromatic N) is 3. The number of carbonyl (C=O) groups is 1. The van der Waals surface area contributed by atoms with Crippen molar-refractivity contribution in [2.45, 2.75) is 13.0 Å². The summed E-state index contributed by atoms with van der Waals surface area (Å²) in [6.45, 7) is 0.905. The summed E-state index contributed by atoms with van der Waals surface area (Å²) in [5.41, 5.74) is 1.58. The first-order valence-electron chi connectivity index (χ1n) is 8.11. The average molecular weight is 336 g/mol. The van der Waals surface area contributed by atoms with Gasteiger partial charge in [-0.15, -0.1) is 0 Å². The molecule has 1 N–H and O–H groups in total. The Bertz CT molecular complexity index is 830. The van der Waals surface area contributed by atoms with E-state index in [1.54, 1.807) is 16.8 Å². The van der Waals surface area contributed by atoms with Gasteiger partial charge < -0.3 is 10.1 Å². The lowest BCUT2D eigenvalue weighted by Gasteiger charge is -2.11. The number of hydrogen-bond donors (Lipinski definition) is 1. The number of carbonyl (C=O) groups excluding carboxylic acids is 1. The average Bonchev–Trinajstić information content (AvgIpc) is 3.06. The van der Waals surface area contributed by atoms with Crippen LogP contribution in [0, 0.1) is 0 Å². The van der Waals surface area contributed by atoms with Gasteiger partial charge >= 0.3 is 0 Å². The van der Waals surface area contributed by atoms with Crippen LogP contribution in [0.2, 0.25) is 0 Å². The van der Waals surface area contributed by atoms with Crippen molar-refractivity contribution in [2.24, 2.45) is 7.05 Å². The highest BCUT2D eigenvalue weighted by atomic mass is 16.5. The Morgan fingerprint density at radius 3 is 2.64 bits per heavy atom. The molecule has 3 aromatic rings. The minimum atomic E-state index is -0.161. The summed E-state index contributed by atoms with van der Waals surface area (Å²) in [7, 11) is 1.83. The molecule has 0 aliphatic heterocycles. The Morgan fingerprint density at radius 2 is 1.88 bits per heavy atom. The zero-order chi connectivity index (χ0) is 17.5. The first-order valence-corrected chi connectivity index (χ1v) is 8.11. The molecule has 3 rings (SSSR count). The van der Waals surface area contributed by atoms with Gasteiger partial charge in [0, 0.05) is 20.0 Å². The fourth-order valence-electron chi connectivity index (χ4n) is 2.44. The SMILES string of the molecule is Cn1ncnc1CCNC(=O)c1ccccc1OCc1ccccc1. The van der Waals surface area contributed by atoms with E-state index in [1.165, 1.54) is 6.33 Å². The van der Waals surface area contributed by atoms with Gasteiger partial charge in [0.05, 0.1) is 5.56 Å². The molecule has 0 aliphatic rings. The highest BCUT2D eigenvalue weighted by Gasteiger charge is 2.12. The number of hydrogen-bond acceptors (Lipinski definition) is 4. The summed E-state index contributed by atoms with van der Waals surface area (Å²) < 4.78 is 7.53. The van der Waals surface area contributed by atoms with Crippen LogP contribution in [0.25, 0.3) is 0 Å². The zero-order valence-electron chi connectivity index (χ0n) is 14.1. The number of nitrogens with one attached hydrogen (secondary N) is 1. The Morgan fingerprint density at radius 1 is 1.12 bits per heavy atom. The van der Waals surface area contributed by atoms with Crippen molar-refractivity contribution in [3.63, 3.8) is 0 Å². The largest absolute Gasteiger partial charge is 0.488 e. The minimum absolute atomic E-state index is 0.161. The van der Waals surface area contributed by atoms with E-state index in [9.17, 15) is 4.79 Å². The number of amides is 1. The molecule has 0 spiro atoms. The second-order valence-corrected chi connectivity index (χ2v) is 5.58. The maximum absolute atomic E-state index is 12.5. The summed E-state index contributed by atoms with van der Waals surface area (Å²) in [4.78, 5) is 16.6. The molecule has 0 bridgehead atoms. The van der Waals surface area contributed by atoms with Gasteiger partial charge in [-0.3, -0.25) is 9.48 Å². The molecule has 6 heteroatoms. The summed E-state index contributed by atoms with van der Waals surface area (Å²) in [5, 5.41) is 6.92. The van der Waals surface area contributed by atoms with Crippen LogP contribution < -0.4 is 10.1 Å². The number of aryl methyl sites for hydroxylation is 1. The third kappa shape index (κ3) is 4.44. The van der Waals surface area contributed by atoms with Crippen molar-refractivity contribution in [1.29, 1.82) is 0 Å². The standard InChI is InChI=1S/C19H20N4O2/c1-23-18(21-14-22-23)11-12-20-19(24)16-9-5-6-10-17(16)25-13-15-7-3-2-4-8-15/h2-10,14H,11-13H2,1H3,(H,20,24). The van der Waals surface area contributed by atoms with Crippen molar-refractivity contribution in [2.75, 3.05) is 6.54 Å². The monoisotopic (exact) mass is 336 g/mol. The van der Waals surface area contributed by atoms with Crippen molar-refractivity contribution >= 4 is 5.91 Å². The van der Waals surface area contributed by atoms with E-state index in [1.807, 2.05) is 49.5 Å². The normalized spacial score (nSPS) is 10.4. The summed E-state index contributed by atoms with van der Waals surface area (Å²) in [6, 6.07) is 17.1. The van der Waals surface area contributed by atoms with Crippen molar-refractivity contribution in [1.82, 2.24) is 20.1 Å². The lowest BCUT2D eigenvalue weighted by Crippen LogP contribution is -2.27. The third-order valence-corrected chi connectivity index (χ3v) is 3.81. The smallest absolute Gasteiger partial charge is 0.255 e. The van der Waals surface area contributed by atoms with Crippen LogP contribution in [0.1, 0.15) is 21.7 Å². The quantitative estimate of drug-likeness (QED) is 0.719. The molecule has 2 aromatic carbocycles. The molecule has 0 fully saturated rings. The van der Waals surface area contributed by atoms with Crippen molar-refractivity contribution in [3.05, 3.63) is 77.9 Å². The fraction of sp³-hybridized carbons (Fsp3) is 0.211. The molecule has 0 atom stereocenters. The lowest BCUT2D eigenvalue weighted by atomic mass is 10.2. The van der Waals surface area contributed by atoms with Crippen LogP contribution in [0.15, 0.2) is 60.9 Å². The van der Waals surface area contributed by atoms with Gasteiger partial charge in [-0.2, -0.15) is 5.10 Å². The van der Waals surface area contributed by atoms with Gasteiger partial charge in [0.1, 0.15) is 24.5 Å². The van der Waals surface area contributed by atoms with E-state index in [2.05, 4.69) is 15.4 Å². The number of ether oxygens (including phenoxy) is 1. The number of rotatable bonds is 7. The molecule has 0 unspecified atom stereocenters. The van der Waals surface area contributed by atoms with Crippen LogP contribution in [0.5, 0.6) is 5.75 Å². The number of aromatic nitrogens is 3. The van der Waals surface area contributed by atoms with E-state index in [0.717, 1.165) is 11.4 Å². The first kappa shape index (κ1) is 16.7. The van der Waals surface area contributed by atoms with Gasteiger partial charge in [-0.25, -0.2) is 4.98 Å². The number of benzene rings is 2. The molecule has 0 saturated carbocycles. The van der Waals surface area contributed by atoms with E-state index >= 15 is 0 Å². The van der Waals surface area contributed by atoms with Crippen LogP contribution in [-0.2, 0) is 20.1 Å². The highest BCUT2D eigenvalue weighted by molar-refractivity contribution is 5.96. The molecule has 25 heavy (non-hydrogen) atoms. The predicted octanol–water partition coefficient (Wildman–Crippen LogP) is 2.37. The topological polar surface area (TPSA) is 69.0 Å². The molecule has 6 nitrogen and oxygen atoms in total. The van der Waals surface area contributed by atoms with Gasteiger partial charge in [-0.1, -0.05) is 42.5 Å². The summed E-state index contributed by atoms with van der Waals surface area (Å²) in [6.07, 6.45) is 2.12. The summed E-state index contributed by atoms with van der Waals surface area (Å²) in [5.74, 6) is 1.24. The van der Waals surface area contributed by atoms with Gasteiger partial charge in [0.25, 0.3) is 5.91 Å². The van der Waals surface area contributed by atoms with E-state index < -0.39 is 0 Å². The Kier molecular flexibility index (Phi) is 5.41. The lowest BCUT2D eigenvalue weighted by molar-refractivity contribution is 0.0949. The van der Waals surface area contributed by atoms with E-state index in [-0.39, 0.29) is 5.91 Å². The number of para-hydroxylation sites is 1. The van der Waals surface area contributed by atoms with Crippen LogP contribution >= 0.6 is 0 Å². The third-order valence-electron chi connectivity index (χ3n) is 3.81. The molecule has 128 valence electrons. The van der Waals surface area contributed by atoms with Crippen LogP contribution in [-0.4, -0.2) is 27.2 Å². The van der Waals surface area contributed by atoms with Gasteiger partial charge in [-0.05, 0) is 17.7 Å². The predicted molar refractivity (Wildman–Crippen MR) is 94.3 cm³/mol. The molecule has 1 aromatic heterocycles. The minimum Gasteiger partial charge on any atom is -0.488 e. The fourth-order valence-corrected chi connectivity index (χ4v) is 2.44. The highest BCUT2D eigenvalue weighted by Crippen LogP contribution is 2.19. The van der Waals surface area contributed by atoms with Crippen LogP contribution in [0.4, 0.5) is 0 Å². The summed E-state index contributed by atoms with van der Waals surface area (Å²) >= 11 is 0. The van der Waals surface area contributed by atoms with Crippen LogP contribution in [0.3, 0.4) is 0 Å². The van der Waals surface area contributed by atoms with Gasteiger partial charge in [0.15, 0.2) is 0 Å². The van der Waals surface area contributed by atoms with Crippen molar-refractivity contribution < 1.29 is 9.53 Å². The Hall–Kier alpha value is -3.15. The second-order valence-electron chi connectivity index (χ2n) is 5.58. The molecule has 1 heterocycles. The van der Waals surface area contributed by atoms with E-state index in [0.29, 0.717) is 30.9 Å². The molecule has 0 aliphatic carbocycles. The second kappa shape index (κ2) is 8.10. The van der Waals surface area contributed by atoms with Crippen molar-refractivity contribution in [3.8, 4) is 5.75 Å². The Labute approximate surface area is 146 Å². The maximum atomic E-state index is 12.5. The zero-order valence-corrected chi connectivity index (χ0v) is 14.1.